The topological polar surface area (TPSA) is 32.3 Å². The Kier molecular flexibility index (Phi) is 5.46. The molecule has 0 bridgehead atoms. The van der Waals surface area contributed by atoms with Crippen LogP contribution in [0.5, 0.6) is 0 Å². The highest BCUT2D eigenvalue weighted by atomic mass is 19.4. The Morgan fingerprint density at radius 2 is 2.09 bits per heavy atom. The second-order valence-electron chi connectivity index (χ2n) is 5.85. The van der Waals surface area contributed by atoms with Crippen molar-refractivity contribution in [1.29, 1.82) is 0 Å². The highest BCUT2D eigenvalue weighted by Crippen LogP contribution is 2.32. The van der Waals surface area contributed by atoms with Crippen molar-refractivity contribution in [3.8, 4) is 0 Å². The number of hydrogen-bond donors (Lipinski definition) is 1. The van der Waals surface area contributed by atoms with E-state index in [2.05, 4.69) is 5.32 Å². The van der Waals surface area contributed by atoms with Crippen LogP contribution in [0.3, 0.4) is 0 Å². The maximum atomic E-state index is 13.0. The quantitative estimate of drug-likeness (QED) is 0.842. The van der Waals surface area contributed by atoms with Gasteiger partial charge in [0.25, 0.3) is 0 Å². The number of nitrogens with zero attached hydrogens (tertiary/aromatic N) is 1. The molecule has 1 N–H and O–H groups in total. The molecule has 3 nitrogen and oxygen atoms in total. The summed E-state index contributed by atoms with van der Waals surface area (Å²) in [6, 6.07) is 5.40. The molecule has 23 heavy (non-hydrogen) atoms. The predicted octanol–water partition coefficient (Wildman–Crippen LogP) is 3.36. The smallest absolute Gasteiger partial charge is 0.337 e. The Morgan fingerprint density at radius 3 is 2.74 bits per heavy atom. The van der Waals surface area contributed by atoms with Crippen molar-refractivity contribution in [3.63, 3.8) is 0 Å². The number of nitrogens with one attached hydrogen (secondary N) is 1. The molecule has 0 radical (unpaired) electrons. The van der Waals surface area contributed by atoms with Crippen LogP contribution < -0.4 is 5.32 Å². The Morgan fingerprint density at radius 1 is 1.39 bits per heavy atom. The van der Waals surface area contributed by atoms with Gasteiger partial charge in [-0.2, -0.15) is 13.2 Å². The molecular weight excluding hydrogens is 305 g/mol. The minimum atomic E-state index is -4.40. The van der Waals surface area contributed by atoms with Gasteiger partial charge in [0, 0.05) is 32.1 Å². The molecule has 1 aromatic rings. The highest BCUT2D eigenvalue weighted by molar-refractivity contribution is 5.79. The number of amides is 1. The lowest BCUT2D eigenvalue weighted by Crippen LogP contribution is -2.33. The first-order valence-electron chi connectivity index (χ1n) is 7.59. The van der Waals surface area contributed by atoms with Gasteiger partial charge in [-0.3, -0.25) is 4.79 Å². The van der Waals surface area contributed by atoms with Gasteiger partial charge in [0.1, 0.15) is 0 Å². The summed E-state index contributed by atoms with van der Waals surface area (Å²) < 4.78 is 39.1. The van der Waals surface area contributed by atoms with Crippen LogP contribution in [0.2, 0.25) is 0 Å². The third kappa shape index (κ3) is 4.58. The van der Waals surface area contributed by atoms with Crippen molar-refractivity contribution >= 4 is 5.91 Å². The zero-order valence-electron chi connectivity index (χ0n) is 13.3. The second-order valence-corrected chi connectivity index (χ2v) is 5.85. The molecule has 2 rings (SSSR count). The monoisotopic (exact) mass is 326 g/mol. The number of hydrogen-bond acceptors (Lipinski definition) is 2. The summed E-state index contributed by atoms with van der Waals surface area (Å²) in [6.45, 7) is 5.04. The SMILES string of the molecule is C/C=C(\C)CN[C@@H]1CC(=O)N(Cc2ccccc2C(F)(F)F)C1. The average molecular weight is 326 g/mol. The van der Waals surface area contributed by atoms with Gasteiger partial charge in [0.05, 0.1) is 5.56 Å². The van der Waals surface area contributed by atoms with Crippen molar-refractivity contribution in [1.82, 2.24) is 10.2 Å². The largest absolute Gasteiger partial charge is 0.416 e. The molecule has 1 heterocycles. The Labute approximate surface area is 134 Å². The molecule has 0 unspecified atom stereocenters. The Hall–Kier alpha value is -1.82. The van der Waals surface area contributed by atoms with Gasteiger partial charge in [-0.05, 0) is 25.5 Å². The molecule has 0 saturated carbocycles. The fourth-order valence-corrected chi connectivity index (χ4v) is 2.61. The second kappa shape index (κ2) is 7.17. The van der Waals surface area contributed by atoms with Gasteiger partial charge < -0.3 is 10.2 Å². The van der Waals surface area contributed by atoms with Crippen LogP contribution in [-0.4, -0.2) is 29.9 Å². The molecule has 1 amide bonds. The number of halogens is 3. The molecule has 1 aliphatic rings. The van der Waals surface area contributed by atoms with E-state index in [0.29, 0.717) is 19.5 Å². The van der Waals surface area contributed by atoms with E-state index in [4.69, 9.17) is 0 Å². The van der Waals surface area contributed by atoms with Crippen LogP contribution in [0, 0.1) is 0 Å². The van der Waals surface area contributed by atoms with Gasteiger partial charge in [-0.25, -0.2) is 0 Å². The first-order chi connectivity index (χ1) is 10.8. The molecule has 1 aromatic carbocycles. The average Bonchev–Trinajstić information content (AvgIpc) is 2.84. The van der Waals surface area contributed by atoms with Crippen LogP contribution >= 0.6 is 0 Å². The number of rotatable bonds is 5. The van der Waals surface area contributed by atoms with E-state index in [1.54, 1.807) is 6.07 Å². The molecule has 1 fully saturated rings. The number of allylic oxidation sites excluding steroid dienone is 1. The first-order valence-corrected chi connectivity index (χ1v) is 7.59. The number of alkyl halides is 3. The van der Waals surface area contributed by atoms with Crippen LogP contribution in [0.15, 0.2) is 35.9 Å². The van der Waals surface area contributed by atoms with Gasteiger partial charge in [-0.1, -0.05) is 29.8 Å². The zero-order valence-corrected chi connectivity index (χ0v) is 13.3. The minimum Gasteiger partial charge on any atom is -0.337 e. The lowest BCUT2D eigenvalue weighted by Gasteiger charge is -2.20. The van der Waals surface area contributed by atoms with Crippen LogP contribution in [0.25, 0.3) is 0 Å². The number of carbonyl (C=O) groups excluding carboxylic acids is 1. The summed E-state index contributed by atoms with van der Waals surface area (Å²) in [6.07, 6.45) is -2.09. The van der Waals surface area contributed by atoms with Gasteiger partial charge in [0.15, 0.2) is 0 Å². The third-order valence-corrected chi connectivity index (χ3v) is 4.06. The maximum Gasteiger partial charge on any atom is 0.416 e. The first kappa shape index (κ1) is 17.5. The normalized spacial score (nSPS) is 19.5. The van der Waals surface area contributed by atoms with Gasteiger partial charge in [0.2, 0.25) is 5.91 Å². The van der Waals surface area contributed by atoms with E-state index < -0.39 is 11.7 Å². The number of benzene rings is 1. The maximum absolute atomic E-state index is 13.0. The number of carbonyl (C=O) groups is 1. The Balaban J connectivity index is 2.03. The molecule has 126 valence electrons. The highest BCUT2D eigenvalue weighted by Gasteiger charge is 2.35. The van der Waals surface area contributed by atoms with Crippen molar-refractivity contribution in [3.05, 3.63) is 47.0 Å². The van der Waals surface area contributed by atoms with Crippen LogP contribution in [-0.2, 0) is 17.5 Å². The summed E-state index contributed by atoms with van der Waals surface area (Å²) in [5, 5.41) is 3.27. The molecule has 1 saturated heterocycles. The molecule has 0 aliphatic carbocycles. The molecule has 0 aromatic heterocycles. The summed E-state index contributed by atoms with van der Waals surface area (Å²) in [7, 11) is 0. The summed E-state index contributed by atoms with van der Waals surface area (Å²) >= 11 is 0. The van der Waals surface area contributed by atoms with E-state index in [0.717, 1.165) is 6.07 Å². The molecular formula is C17H21F3N2O. The van der Waals surface area contributed by atoms with E-state index in [1.807, 2.05) is 19.9 Å². The standard InChI is InChI=1S/C17H21F3N2O/c1-3-12(2)9-21-14-8-16(23)22(11-14)10-13-6-4-5-7-15(13)17(18,19)20/h3-7,14,21H,8-11H2,1-2H3/b12-3+/t14-/m1/s1. The third-order valence-electron chi connectivity index (χ3n) is 4.06. The minimum absolute atomic E-state index is 0.00467. The van der Waals surface area contributed by atoms with E-state index >= 15 is 0 Å². The Bertz CT molecular complexity index is 596. The van der Waals surface area contributed by atoms with Crippen molar-refractivity contribution < 1.29 is 18.0 Å². The summed E-state index contributed by atoms with van der Waals surface area (Å²) in [5.41, 5.74) is 0.630. The van der Waals surface area contributed by atoms with Gasteiger partial charge in [-0.15, -0.1) is 0 Å². The van der Waals surface area contributed by atoms with Crippen molar-refractivity contribution in [2.75, 3.05) is 13.1 Å². The van der Waals surface area contributed by atoms with Crippen LogP contribution in [0.1, 0.15) is 31.4 Å². The van der Waals surface area contributed by atoms with Gasteiger partial charge >= 0.3 is 6.18 Å². The summed E-state index contributed by atoms with van der Waals surface area (Å²) in [5.74, 6) is -0.113. The van der Waals surface area contributed by atoms with E-state index in [1.165, 1.54) is 22.6 Å². The predicted molar refractivity (Wildman–Crippen MR) is 82.7 cm³/mol. The molecule has 1 aliphatic heterocycles. The van der Waals surface area contributed by atoms with Crippen molar-refractivity contribution in [2.45, 2.75) is 39.0 Å². The van der Waals surface area contributed by atoms with Crippen molar-refractivity contribution in [2.24, 2.45) is 0 Å². The fraction of sp³-hybridized carbons (Fsp3) is 0.471. The lowest BCUT2D eigenvalue weighted by molar-refractivity contribution is -0.139. The fourth-order valence-electron chi connectivity index (χ4n) is 2.61. The zero-order chi connectivity index (χ0) is 17.0. The van der Waals surface area contributed by atoms with Crippen LogP contribution in [0.4, 0.5) is 13.2 Å². The molecule has 6 heteroatoms. The van der Waals surface area contributed by atoms with E-state index in [-0.39, 0.29) is 24.1 Å². The lowest BCUT2D eigenvalue weighted by atomic mass is 10.1. The van der Waals surface area contributed by atoms with E-state index in [9.17, 15) is 18.0 Å². The number of likely N-dealkylation sites (tertiary alicyclic amines) is 1. The molecule has 0 spiro atoms. The molecule has 1 atom stereocenters. The summed E-state index contributed by atoms with van der Waals surface area (Å²) in [4.78, 5) is 13.5.